The van der Waals surface area contributed by atoms with E-state index in [0.29, 0.717) is 17.1 Å². The van der Waals surface area contributed by atoms with Gasteiger partial charge in [-0.25, -0.2) is 0 Å². The molecule has 0 unspecified atom stereocenters. The maximum Gasteiger partial charge on any atom is 0.287 e. The van der Waals surface area contributed by atoms with Crippen LogP contribution in [-0.2, 0) is 6.42 Å². The minimum atomic E-state index is -0.508. The first-order valence-corrected chi connectivity index (χ1v) is 6.19. The molecule has 0 radical (unpaired) electrons. The number of benzene rings is 2. The van der Waals surface area contributed by atoms with Crippen molar-refractivity contribution in [3.8, 4) is 0 Å². The summed E-state index contributed by atoms with van der Waals surface area (Å²) in [7, 11) is 0. The molecule has 19 heavy (non-hydrogen) atoms. The lowest BCUT2D eigenvalue weighted by Gasteiger charge is -2.05. The highest BCUT2D eigenvalue weighted by molar-refractivity contribution is 6.33. The average molecular weight is 297 g/mol. The smallest absolute Gasteiger partial charge is 0.287 e. The molecule has 0 bridgehead atoms. The van der Waals surface area contributed by atoms with Crippen LogP contribution in [0.3, 0.4) is 0 Å². The molecule has 0 heterocycles. The van der Waals surface area contributed by atoms with E-state index in [4.69, 9.17) is 28.9 Å². The van der Waals surface area contributed by atoms with Gasteiger partial charge in [0.05, 0.1) is 15.6 Å². The molecular weight excluding hydrogens is 287 g/mol. The van der Waals surface area contributed by atoms with Gasteiger partial charge in [0, 0.05) is 6.07 Å². The molecular formula is C13H10Cl2N2O2. The van der Waals surface area contributed by atoms with Crippen molar-refractivity contribution in [2.45, 2.75) is 6.42 Å². The molecule has 2 N–H and O–H groups in total. The van der Waals surface area contributed by atoms with Gasteiger partial charge in [-0.3, -0.25) is 10.1 Å². The summed E-state index contributed by atoms with van der Waals surface area (Å²) in [6.45, 7) is 0. The van der Waals surface area contributed by atoms with Gasteiger partial charge in [0.2, 0.25) is 0 Å². The van der Waals surface area contributed by atoms with Crippen LogP contribution in [0.4, 0.5) is 11.4 Å². The number of rotatable bonds is 3. The minimum absolute atomic E-state index is 0.0965. The van der Waals surface area contributed by atoms with Crippen LogP contribution in [0.1, 0.15) is 11.1 Å². The van der Waals surface area contributed by atoms with E-state index in [1.54, 1.807) is 24.3 Å². The van der Waals surface area contributed by atoms with E-state index in [9.17, 15) is 10.1 Å². The summed E-state index contributed by atoms with van der Waals surface area (Å²) in [5.74, 6) is 0. The van der Waals surface area contributed by atoms with Gasteiger partial charge in [-0.15, -0.1) is 0 Å². The molecule has 0 atom stereocenters. The van der Waals surface area contributed by atoms with Crippen LogP contribution in [0.2, 0.25) is 10.0 Å². The second kappa shape index (κ2) is 5.47. The number of anilines is 1. The summed E-state index contributed by atoms with van der Waals surface area (Å²) in [6, 6.07) is 10.0. The molecule has 0 aliphatic carbocycles. The Hall–Kier alpha value is -1.78. The van der Waals surface area contributed by atoms with Gasteiger partial charge in [0.15, 0.2) is 0 Å². The number of nitrogens with two attached hydrogens (primary N) is 1. The molecule has 4 nitrogen and oxygen atoms in total. The van der Waals surface area contributed by atoms with E-state index in [0.717, 1.165) is 11.1 Å². The van der Waals surface area contributed by atoms with E-state index in [1.165, 1.54) is 6.07 Å². The van der Waals surface area contributed by atoms with Gasteiger partial charge in [0.1, 0.15) is 5.02 Å². The summed E-state index contributed by atoms with van der Waals surface area (Å²) in [4.78, 5) is 10.2. The van der Waals surface area contributed by atoms with E-state index >= 15 is 0 Å². The van der Waals surface area contributed by atoms with E-state index < -0.39 is 4.92 Å². The van der Waals surface area contributed by atoms with Crippen LogP contribution in [0.25, 0.3) is 0 Å². The number of halogens is 2. The number of nitro benzene ring substituents is 1. The van der Waals surface area contributed by atoms with Crippen LogP contribution >= 0.6 is 23.2 Å². The zero-order chi connectivity index (χ0) is 14.0. The Bertz CT molecular complexity index is 645. The third kappa shape index (κ3) is 3.16. The largest absolute Gasteiger partial charge is 0.398 e. The molecule has 0 fully saturated rings. The van der Waals surface area contributed by atoms with Gasteiger partial charge >= 0.3 is 0 Å². The highest BCUT2D eigenvalue weighted by Gasteiger charge is 2.12. The van der Waals surface area contributed by atoms with Crippen molar-refractivity contribution in [1.29, 1.82) is 0 Å². The molecule has 98 valence electrons. The number of hydrogen-bond donors (Lipinski definition) is 1. The number of nitrogens with zero attached hydrogens (tertiary/aromatic N) is 1. The predicted molar refractivity (Wildman–Crippen MR) is 76.8 cm³/mol. The van der Waals surface area contributed by atoms with Crippen molar-refractivity contribution in [3.05, 3.63) is 67.7 Å². The molecule has 2 aromatic carbocycles. The Morgan fingerprint density at radius 3 is 2.16 bits per heavy atom. The molecule has 2 rings (SSSR count). The van der Waals surface area contributed by atoms with Gasteiger partial charge in [-0.05, 0) is 35.7 Å². The summed E-state index contributed by atoms with van der Waals surface area (Å²) in [5.41, 5.74) is 7.89. The minimum Gasteiger partial charge on any atom is -0.398 e. The monoisotopic (exact) mass is 296 g/mol. The second-order valence-corrected chi connectivity index (χ2v) is 4.89. The molecule has 0 saturated heterocycles. The summed E-state index contributed by atoms with van der Waals surface area (Å²) in [5, 5.41) is 11.3. The molecule has 0 aromatic heterocycles. The normalized spacial score (nSPS) is 10.4. The number of hydrogen-bond acceptors (Lipinski definition) is 3. The third-order valence-electron chi connectivity index (χ3n) is 2.68. The molecule has 0 saturated carbocycles. The zero-order valence-electron chi connectivity index (χ0n) is 9.77. The molecule has 0 spiro atoms. The van der Waals surface area contributed by atoms with Crippen LogP contribution in [0.15, 0.2) is 36.4 Å². The van der Waals surface area contributed by atoms with E-state index in [1.807, 2.05) is 6.07 Å². The third-order valence-corrected chi connectivity index (χ3v) is 3.31. The van der Waals surface area contributed by atoms with Gasteiger partial charge in [-0.2, -0.15) is 0 Å². The van der Waals surface area contributed by atoms with Crippen LogP contribution < -0.4 is 5.73 Å². The average Bonchev–Trinajstić information content (AvgIpc) is 2.33. The van der Waals surface area contributed by atoms with Crippen LogP contribution in [0.5, 0.6) is 0 Å². The predicted octanol–water partition coefficient (Wildman–Crippen LogP) is 4.07. The van der Waals surface area contributed by atoms with E-state index in [-0.39, 0.29) is 10.7 Å². The quantitative estimate of drug-likeness (QED) is 0.527. The van der Waals surface area contributed by atoms with Gasteiger partial charge in [0.25, 0.3) is 5.69 Å². The first-order chi connectivity index (χ1) is 8.97. The van der Waals surface area contributed by atoms with Crippen molar-refractivity contribution in [2.24, 2.45) is 0 Å². The highest BCUT2D eigenvalue weighted by atomic mass is 35.5. The summed E-state index contributed by atoms with van der Waals surface area (Å²) >= 11 is 11.8. The topological polar surface area (TPSA) is 69.2 Å². The molecule has 2 aromatic rings. The van der Waals surface area contributed by atoms with Gasteiger partial charge in [-0.1, -0.05) is 35.3 Å². The molecule has 0 aliphatic rings. The Labute approximate surface area is 119 Å². The maximum absolute atomic E-state index is 10.7. The molecule has 0 amide bonds. The SMILES string of the molecule is Nc1ccc(Cc2ccc([N+](=O)[O-])c(Cl)c2)cc1Cl. The second-order valence-electron chi connectivity index (χ2n) is 4.08. The first-order valence-electron chi connectivity index (χ1n) is 5.44. The van der Waals surface area contributed by atoms with Gasteiger partial charge < -0.3 is 5.73 Å². The Balaban J connectivity index is 2.26. The standard InChI is InChI=1S/C13H10Cl2N2O2/c14-10-6-8(1-3-12(10)16)5-9-2-4-13(17(18)19)11(15)7-9/h1-4,6-7H,5,16H2. The molecule has 0 aliphatic heterocycles. The first kappa shape index (κ1) is 13.6. The zero-order valence-corrected chi connectivity index (χ0v) is 11.3. The fraction of sp³-hybridized carbons (Fsp3) is 0.0769. The molecule has 6 heteroatoms. The summed E-state index contributed by atoms with van der Waals surface area (Å²) < 4.78 is 0. The lowest BCUT2D eigenvalue weighted by Crippen LogP contribution is -1.93. The lowest BCUT2D eigenvalue weighted by molar-refractivity contribution is -0.384. The van der Waals surface area contributed by atoms with Crippen LogP contribution in [-0.4, -0.2) is 4.92 Å². The maximum atomic E-state index is 10.7. The highest BCUT2D eigenvalue weighted by Crippen LogP contribution is 2.27. The number of nitro groups is 1. The summed E-state index contributed by atoms with van der Waals surface area (Å²) in [6.07, 6.45) is 0.581. The van der Waals surface area contributed by atoms with Crippen molar-refractivity contribution in [1.82, 2.24) is 0 Å². The number of nitrogen functional groups attached to an aromatic ring is 1. The Morgan fingerprint density at radius 2 is 1.63 bits per heavy atom. The van der Waals surface area contributed by atoms with Crippen molar-refractivity contribution in [3.63, 3.8) is 0 Å². The fourth-order valence-corrected chi connectivity index (χ4v) is 2.20. The van der Waals surface area contributed by atoms with E-state index in [2.05, 4.69) is 0 Å². The Morgan fingerprint density at radius 1 is 1.05 bits per heavy atom. The van der Waals surface area contributed by atoms with Crippen LogP contribution in [0, 0.1) is 10.1 Å². The Kier molecular flexibility index (Phi) is 3.93. The fourth-order valence-electron chi connectivity index (χ4n) is 1.72. The van der Waals surface area contributed by atoms with Crippen molar-refractivity contribution < 1.29 is 4.92 Å². The van der Waals surface area contributed by atoms with Crippen molar-refractivity contribution in [2.75, 3.05) is 5.73 Å². The van der Waals surface area contributed by atoms with Crippen molar-refractivity contribution >= 4 is 34.6 Å². The lowest BCUT2D eigenvalue weighted by atomic mass is 10.0.